The molecule has 0 aliphatic heterocycles. The lowest BCUT2D eigenvalue weighted by Crippen LogP contribution is -2.43. The van der Waals surface area contributed by atoms with E-state index < -0.39 is 23.3 Å². The van der Waals surface area contributed by atoms with Gasteiger partial charge in [0.05, 0.1) is 0 Å². The van der Waals surface area contributed by atoms with Crippen molar-refractivity contribution in [1.82, 2.24) is 9.47 Å². The molecule has 0 radical (unpaired) electrons. The first kappa shape index (κ1) is 22.5. The van der Waals surface area contributed by atoms with E-state index in [0.29, 0.717) is 23.7 Å². The number of hydrogen-bond donors (Lipinski definition) is 0. The second-order valence-corrected chi connectivity index (χ2v) is 7.76. The summed E-state index contributed by atoms with van der Waals surface area (Å²) in [5.41, 5.74) is 0.886. The number of Topliss-reactive ketones (excluding diaryl/α,β-unsaturated/α-hetero) is 1. The smallest absolute Gasteiger partial charge is 0.254 e. The molecule has 1 heterocycles. The first-order chi connectivity index (χ1) is 15.0. The lowest BCUT2D eigenvalue weighted by Gasteiger charge is -2.28. The zero-order chi connectivity index (χ0) is 22.2. The number of nitrogens with zero attached hydrogens (tertiary/aromatic N) is 2. The van der Waals surface area contributed by atoms with Crippen molar-refractivity contribution in [3.8, 4) is 0 Å². The monoisotopic (exact) mass is 436 g/mol. The van der Waals surface area contributed by atoms with Gasteiger partial charge in [-0.05, 0) is 42.3 Å². The molecule has 0 aliphatic carbocycles. The van der Waals surface area contributed by atoms with Gasteiger partial charge in [-0.2, -0.15) is 0 Å². The van der Waals surface area contributed by atoms with Gasteiger partial charge in [-0.1, -0.05) is 61.3 Å². The van der Waals surface area contributed by atoms with Crippen LogP contribution in [0, 0.1) is 0 Å². The molecule has 5 nitrogen and oxygen atoms in total. The van der Waals surface area contributed by atoms with Gasteiger partial charge in [0.2, 0.25) is 0 Å². The van der Waals surface area contributed by atoms with Gasteiger partial charge in [0.25, 0.3) is 11.5 Å². The van der Waals surface area contributed by atoms with Crippen molar-refractivity contribution in [1.29, 1.82) is 0 Å². The molecule has 3 rings (SSSR count). The van der Waals surface area contributed by atoms with E-state index in [1.165, 1.54) is 16.8 Å². The van der Waals surface area contributed by atoms with Crippen LogP contribution < -0.4 is 5.56 Å². The van der Waals surface area contributed by atoms with E-state index in [-0.39, 0.29) is 0 Å². The second kappa shape index (κ2) is 10.7. The maximum atomic E-state index is 13.7. The Morgan fingerprint density at radius 2 is 1.65 bits per heavy atom. The Morgan fingerprint density at radius 1 is 0.968 bits per heavy atom. The van der Waals surface area contributed by atoms with Crippen molar-refractivity contribution in [3.63, 3.8) is 0 Å². The number of rotatable bonds is 9. The third-order valence-electron chi connectivity index (χ3n) is 5.05. The number of carbonyl (C=O) groups is 2. The summed E-state index contributed by atoms with van der Waals surface area (Å²) in [5.74, 6) is -0.838. The van der Waals surface area contributed by atoms with E-state index in [1.807, 2.05) is 37.3 Å². The van der Waals surface area contributed by atoms with Gasteiger partial charge in [0.15, 0.2) is 11.8 Å². The van der Waals surface area contributed by atoms with E-state index in [0.717, 1.165) is 18.4 Å². The predicted octanol–water partition coefficient (Wildman–Crippen LogP) is 4.75. The number of carbonyl (C=O) groups excluding carboxylic acids is 2. The first-order valence-corrected chi connectivity index (χ1v) is 10.7. The van der Waals surface area contributed by atoms with Crippen molar-refractivity contribution in [2.75, 3.05) is 6.54 Å². The van der Waals surface area contributed by atoms with E-state index >= 15 is 0 Å². The highest BCUT2D eigenvalue weighted by Gasteiger charge is 2.33. The minimum absolute atomic E-state index is 0.327. The maximum absolute atomic E-state index is 13.7. The molecule has 0 saturated carbocycles. The number of aromatic nitrogens is 1. The number of halogens is 1. The molecular weight excluding hydrogens is 412 g/mol. The highest BCUT2D eigenvalue weighted by molar-refractivity contribution is 6.30. The standard InChI is InChI=1S/C25H25ClN2O3/c1-2-3-16-27(18-19-9-5-4-6-10-19)25(31)23(28-17-8-7-11-22(28)29)24(30)20-12-14-21(26)15-13-20/h4-15,17,23H,2-3,16,18H2,1H3. The van der Waals surface area contributed by atoms with E-state index in [9.17, 15) is 14.4 Å². The van der Waals surface area contributed by atoms with Crippen LogP contribution in [0.2, 0.25) is 5.02 Å². The summed E-state index contributed by atoms with van der Waals surface area (Å²) in [6, 6.07) is 19.3. The summed E-state index contributed by atoms with van der Waals surface area (Å²) in [6.45, 7) is 2.91. The number of benzene rings is 2. The molecule has 0 spiro atoms. The van der Waals surface area contributed by atoms with Crippen molar-refractivity contribution >= 4 is 23.3 Å². The quantitative estimate of drug-likeness (QED) is 0.359. The minimum atomic E-state index is -1.28. The van der Waals surface area contributed by atoms with Crippen LogP contribution in [0.4, 0.5) is 0 Å². The van der Waals surface area contributed by atoms with E-state index in [1.54, 1.807) is 41.3 Å². The van der Waals surface area contributed by atoms with Crippen LogP contribution in [-0.4, -0.2) is 27.7 Å². The summed E-state index contributed by atoms with van der Waals surface area (Å²) >= 11 is 5.96. The van der Waals surface area contributed by atoms with Crippen molar-refractivity contribution < 1.29 is 9.59 Å². The molecule has 1 atom stereocenters. The van der Waals surface area contributed by atoms with Gasteiger partial charge in [0, 0.05) is 35.9 Å². The second-order valence-electron chi connectivity index (χ2n) is 7.32. The molecule has 31 heavy (non-hydrogen) atoms. The predicted molar refractivity (Wildman–Crippen MR) is 122 cm³/mol. The van der Waals surface area contributed by atoms with Gasteiger partial charge in [0.1, 0.15) is 0 Å². The van der Waals surface area contributed by atoms with Crippen LogP contribution in [-0.2, 0) is 11.3 Å². The SMILES string of the molecule is CCCCN(Cc1ccccc1)C(=O)C(C(=O)c1ccc(Cl)cc1)n1ccccc1=O. The average Bonchev–Trinajstić information content (AvgIpc) is 2.79. The average molecular weight is 437 g/mol. The number of amides is 1. The molecule has 0 bridgehead atoms. The summed E-state index contributed by atoms with van der Waals surface area (Å²) in [4.78, 5) is 41.4. The van der Waals surface area contributed by atoms with E-state index in [4.69, 9.17) is 11.6 Å². The largest absolute Gasteiger partial charge is 0.336 e. The van der Waals surface area contributed by atoms with Crippen LogP contribution in [0.5, 0.6) is 0 Å². The fourth-order valence-electron chi connectivity index (χ4n) is 3.38. The van der Waals surface area contributed by atoms with Gasteiger partial charge >= 0.3 is 0 Å². The molecule has 1 aromatic heterocycles. The van der Waals surface area contributed by atoms with Crippen LogP contribution >= 0.6 is 11.6 Å². The van der Waals surface area contributed by atoms with Gasteiger partial charge < -0.3 is 4.90 Å². The molecule has 0 fully saturated rings. The summed E-state index contributed by atoms with van der Waals surface area (Å²) in [7, 11) is 0. The molecule has 2 aromatic carbocycles. The van der Waals surface area contributed by atoms with Gasteiger partial charge in [-0.25, -0.2) is 0 Å². The van der Waals surface area contributed by atoms with Crippen molar-refractivity contribution in [2.45, 2.75) is 32.4 Å². The minimum Gasteiger partial charge on any atom is -0.336 e. The number of ketones is 1. The van der Waals surface area contributed by atoms with Crippen LogP contribution in [0.3, 0.4) is 0 Å². The highest BCUT2D eigenvalue weighted by Crippen LogP contribution is 2.20. The Morgan fingerprint density at radius 3 is 2.29 bits per heavy atom. The van der Waals surface area contributed by atoms with Crippen LogP contribution in [0.15, 0.2) is 83.8 Å². The molecule has 0 N–H and O–H groups in total. The summed E-state index contributed by atoms with van der Waals surface area (Å²) < 4.78 is 1.21. The van der Waals surface area contributed by atoms with Crippen molar-refractivity contribution in [3.05, 3.63) is 105 Å². The number of unbranched alkanes of at least 4 members (excludes halogenated alkanes) is 1. The Balaban J connectivity index is 2.02. The Labute approximate surface area is 186 Å². The maximum Gasteiger partial charge on any atom is 0.254 e. The third kappa shape index (κ3) is 5.70. The highest BCUT2D eigenvalue weighted by atomic mass is 35.5. The van der Waals surface area contributed by atoms with Gasteiger partial charge in [-0.15, -0.1) is 0 Å². The Hall–Kier alpha value is -3.18. The van der Waals surface area contributed by atoms with E-state index in [2.05, 4.69) is 0 Å². The Kier molecular flexibility index (Phi) is 7.79. The molecule has 1 amide bonds. The fourth-order valence-corrected chi connectivity index (χ4v) is 3.50. The third-order valence-corrected chi connectivity index (χ3v) is 5.30. The first-order valence-electron chi connectivity index (χ1n) is 10.3. The molecule has 6 heteroatoms. The molecule has 0 aliphatic rings. The van der Waals surface area contributed by atoms with Crippen LogP contribution in [0.25, 0.3) is 0 Å². The molecule has 0 saturated heterocycles. The fraction of sp³-hybridized carbons (Fsp3) is 0.240. The van der Waals surface area contributed by atoms with Crippen LogP contribution in [0.1, 0.15) is 41.7 Å². The zero-order valence-electron chi connectivity index (χ0n) is 17.4. The topological polar surface area (TPSA) is 59.4 Å². The summed E-state index contributed by atoms with van der Waals surface area (Å²) in [5, 5.41) is 0.491. The molecule has 160 valence electrons. The normalized spacial score (nSPS) is 11.7. The molecule has 1 unspecified atom stereocenters. The number of pyridine rings is 1. The zero-order valence-corrected chi connectivity index (χ0v) is 18.2. The summed E-state index contributed by atoms with van der Waals surface area (Å²) in [6.07, 6.45) is 3.18. The molecule has 3 aromatic rings. The lowest BCUT2D eigenvalue weighted by atomic mass is 10.0. The lowest BCUT2D eigenvalue weighted by molar-refractivity contribution is -0.134. The molecular formula is C25H25ClN2O3. The number of hydrogen-bond acceptors (Lipinski definition) is 3. The Bertz CT molecular complexity index is 1080. The van der Waals surface area contributed by atoms with Gasteiger partial charge in [-0.3, -0.25) is 19.0 Å². The van der Waals surface area contributed by atoms with Crippen molar-refractivity contribution in [2.24, 2.45) is 0 Å².